The number of hydrogen-bond donors (Lipinski definition) is 0. The zero-order chi connectivity index (χ0) is 14.7. The van der Waals surface area contributed by atoms with Crippen molar-refractivity contribution in [2.24, 2.45) is 5.92 Å². The lowest BCUT2D eigenvalue weighted by Gasteiger charge is -2.21. The lowest BCUT2D eigenvalue weighted by atomic mass is 9.84. The third kappa shape index (κ3) is 6.80. The molecule has 0 heterocycles. The SMILES string of the molecule is CC.CCCCc1ccc(C(CCC)C(C)C)cc1. The van der Waals surface area contributed by atoms with Gasteiger partial charge in [-0.15, -0.1) is 0 Å². The molecule has 0 spiro atoms. The van der Waals surface area contributed by atoms with Gasteiger partial charge in [0.15, 0.2) is 0 Å². The standard InChI is InChI=1S/C17H28.C2H6/c1-5-7-9-15-10-12-16(13-11-15)17(8-6-2)14(3)4;1-2/h10-14,17H,5-9H2,1-4H3;1-2H3. The molecule has 0 aromatic heterocycles. The minimum Gasteiger partial charge on any atom is -0.0683 e. The Morgan fingerprint density at radius 1 is 0.895 bits per heavy atom. The van der Waals surface area contributed by atoms with Gasteiger partial charge < -0.3 is 0 Å². The molecule has 1 rings (SSSR count). The van der Waals surface area contributed by atoms with Crippen LogP contribution in [0, 0.1) is 5.92 Å². The van der Waals surface area contributed by atoms with Crippen molar-refractivity contribution >= 4 is 0 Å². The fourth-order valence-corrected chi connectivity index (χ4v) is 2.51. The van der Waals surface area contributed by atoms with Crippen molar-refractivity contribution < 1.29 is 0 Å². The van der Waals surface area contributed by atoms with Crippen LogP contribution in [0.15, 0.2) is 24.3 Å². The van der Waals surface area contributed by atoms with Crippen LogP contribution in [-0.4, -0.2) is 0 Å². The van der Waals surface area contributed by atoms with Crippen LogP contribution >= 0.6 is 0 Å². The van der Waals surface area contributed by atoms with Gasteiger partial charge in [-0.3, -0.25) is 0 Å². The van der Waals surface area contributed by atoms with Gasteiger partial charge in [-0.25, -0.2) is 0 Å². The molecule has 0 fully saturated rings. The highest BCUT2D eigenvalue weighted by Gasteiger charge is 2.14. The van der Waals surface area contributed by atoms with E-state index in [0.717, 1.165) is 11.8 Å². The zero-order valence-corrected chi connectivity index (χ0v) is 14.0. The van der Waals surface area contributed by atoms with E-state index >= 15 is 0 Å². The van der Waals surface area contributed by atoms with E-state index in [9.17, 15) is 0 Å². The number of unbranched alkanes of at least 4 members (excludes halogenated alkanes) is 1. The molecule has 1 aromatic rings. The first kappa shape index (κ1) is 18.2. The van der Waals surface area contributed by atoms with Crippen molar-refractivity contribution in [3.63, 3.8) is 0 Å². The van der Waals surface area contributed by atoms with Crippen molar-refractivity contribution in [2.75, 3.05) is 0 Å². The van der Waals surface area contributed by atoms with E-state index in [4.69, 9.17) is 0 Å². The third-order valence-corrected chi connectivity index (χ3v) is 3.63. The molecule has 19 heavy (non-hydrogen) atoms. The van der Waals surface area contributed by atoms with E-state index in [0.29, 0.717) is 0 Å². The smallest absolute Gasteiger partial charge is 0.0139 e. The third-order valence-electron chi connectivity index (χ3n) is 3.63. The Labute approximate surface area is 121 Å². The quantitative estimate of drug-likeness (QED) is 0.519. The highest BCUT2D eigenvalue weighted by molar-refractivity contribution is 5.25. The molecule has 1 atom stereocenters. The number of aryl methyl sites for hydroxylation is 1. The molecule has 0 aliphatic rings. The molecule has 0 aliphatic carbocycles. The Morgan fingerprint density at radius 2 is 1.47 bits per heavy atom. The van der Waals surface area contributed by atoms with Crippen LogP contribution < -0.4 is 0 Å². The summed E-state index contributed by atoms with van der Waals surface area (Å²) in [4.78, 5) is 0. The highest BCUT2D eigenvalue weighted by atomic mass is 14.2. The minimum atomic E-state index is 0.736. The summed E-state index contributed by atoms with van der Waals surface area (Å²) in [6.07, 6.45) is 6.41. The Balaban J connectivity index is 0.00000154. The van der Waals surface area contributed by atoms with E-state index in [1.807, 2.05) is 13.8 Å². The second kappa shape index (κ2) is 11.1. The first-order valence-corrected chi connectivity index (χ1v) is 8.27. The Bertz CT molecular complexity index is 294. The topological polar surface area (TPSA) is 0 Å². The van der Waals surface area contributed by atoms with Gasteiger partial charge in [-0.1, -0.05) is 78.6 Å². The number of rotatable bonds is 7. The Hall–Kier alpha value is -0.780. The second-order valence-electron chi connectivity index (χ2n) is 5.48. The predicted octanol–water partition coefficient (Wildman–Crippen LogP) is 6.60. The van der Waals surface area contributed by atoms with Gasteiger partial charge in [0.2, 0.25) is 0 Å². The summed E-state index contributed by atoms with van der Waals surface area (Å²) in [5.74, 6) is 1.48. The molecule has 0 heteroatoms. The molecule has 0 amide bonds. The number of hydrogen-bond acceptors (Lipinski definition) is 0. The van der Waals surface area contributed by atoms with Gasteiger partial charge in [0, 0.05) is 0 Å². The van der Waals surface area contributed by atoms with Crippen LogP contribution in [0.3, 0.4) is 0 Å². The van der Waals surface area contributed by atoms with Crippen LogP contribution in [0.25, 0.3) is 0 Å². The van der Waals surface area contributed by atoms with Crippen LogP contribution in [0.4, 0.5) is 0 Å². The number of benzene rings is 1. The molecule has 0 radical (unpaired) electrons. The van der Waals surface area contributed by atoms with E-state index in [-0.39, 0.29) is 0 Å². The van der Waals surface area contributed by atoms with E-state index in [1.54, 1.807) is 0 Å². The highest BCUT2D eigenvalue weighted by Crippen LogP contribution is 2.29. The summed E-state index contributed by atoms with van der Waals surface area (Å²) in [6.45, 7) is 13.2. The summed E-state index contributed by atoms with van der Waals surface area (Å²) in [6, 6.07) is 9.36. The first-order chi connectivity index (χ1) is 9.19. The van der Waals surface area contributed by atoms with Gasteiger partial charge in [0.05, 0.1) is 0 Å². The maximum Gasteiger partial charge on any atom is -0.0139 e. The van der Waals surface area contributed by atoms with Crippen LogP contribution in [0.2, 0.25) is 0 Å². The maximum atomic E-state index is 2.35. The molecule has 110 valence electrons. The van der Waals surface area contributed by atoms with Crippen LogP contribution in [0.5, 0.6) is 0 Å². The van der Waals surface area contributed by atoms with E-state index < -0.39 is 0 Å². The fourth-order valence-electron chi connectivity index (χ4n) is 2.51. The summed E-state index contributed by atoms with van der Waals surface area (Å²) in [5, 5.41) is 0. The predicted molar refractivity (Wildman–Crippen MR) is 88.9 cm³/mol. The Morgan fingerprint density at radius 3 is 1.89 bits per heavy atom. The lowest BCUT2D eigenvalue weighted by Crippen LogP contribution is -2.06. The van der Waals surface area contributed by atoms with Gasteiger partial charge in [0.1, 0.15) is 0 Å². The summed E-state index contributed by atoms with van der Waals surface area (Å²) >= 11 is 0. The maximum absolute atomic E-state index is 2.35. The molecule has 0 saturated carbocycles. The van der Waals surface area contributed by atoms with Crippen molar-refractivity contribution in [3.05, 3.63) is 35.4 Å². The fraction of sp³-hybridized carbons (Fsp3) is 0.684. The second-order valence-corrected chi connectivity index (χ2v) is 5.48. The minimum absolute atomic E-state index is 0.736. The summed E-state index contributed by atoms with van der Waals surface area (Å²) < 4.78 is 0. The van der Waals surface area contributed by atoms with E-state index in [1.165, 1.54) is 43.2 Å². The summed E-state index contributed by atoms with van der Waals surface area (Å²) in [7, 11) is 0. The van der Waals surface area contributed by atoms with Crippen molar-refractivity contribution in [2.45, 2.75) is 79.6 Å². The van der Waals surface area contributed by atoms with E-state index in [2.05, 4.69) is 52.0 Å². The molecular weight excluding hydrogens is 228 g/mol. The average Bonchev–Trinajstić information content (AvgIpc) is 2.45. The molecule has 0 aliphatic heterocycles. The molecular formula is C19H34. The Kier molecular flexibility index (Phi) is 10.6. The molecule has 1 aromatic carbocycles. The average molecular weight is 262 g/mol. The van der Waals surface area contributed by atoms with Crippen molar-refractivity contribution in [1.82, 2.24) is 0 Å². The summed E-state index contributed by atoms with van der Waals surface area (Å²) in [5.41, 5.74) is 3.02. The molecule has 0 bridgehead atoms. The van der Waals surface area contributed by atoms with Crippen LogP contribution in [-0.2, 0) is 6.42 Å². The zero-order valence-electron chi connectivity index (χ0n) is 14.0. The molecule has 0 N–H and O–H groups in total. The lowest BCUT2D eigenvalue weighted by molar-refractivity contribution is 0.463. The molecule has 0 nitrogen and oxygen atoms in total. The molecule has 0 saturated heterocycles. The van der Waals surface area contributed by atoms with Crippen LogP contribution in [0.1, 0.15) is 84.3 Å². The molecule has 1 unspecified atom stereocenters. The van der Waals surface area contributed by atoms with Gasteiger partial charge in [0.25, 0.3) is 0 Å². The van der Waals surface area contributed by atoms with Crippen molar-refractivity contribution in [1.29, 1.82) is 0 Å². The van der Waals surface area contributed by atoms with Crippen molar-refractivity contribution in [3.8, 4) is 0 Å². The normalized spacial score (nSPS) is 11.9. The van der Waals surface area contributed by atoms with Gasteiger partial charge >= 0.3 is 0 Å². The monoisotopic (exact) mass is 262 g/mol. The first-order valence-electron chi connectivity index (χ1n) is 8.27. The largest absolute Gasteiger partial charge is 0.0683 e. The van der Waals surface area contributed by atoms with Gasteiger partial charge in [-0.2, -0.15) is 0 Å². The van der Waals surface area contributed by atoms with Gasteiger partial charge in [-0.05, 0) is 42.2 Å².